The second kappa shape index (κ2) is 7.51. The molecule has 0 bridgehead atoms. The number of hydrogen-bond acceptors (Lipinski definition) is 6. The van der Waals surface area contributed by atoms with E-state index in [0.717, 1.165) is 5.69 Å². The van der Waals surface area contributed by atoms with E-state index < -0.39 is 10.5 Å². The summed E-state index contributed by atoms with van der Waals surface area (Å²) in [5.74, 6) is 6.08. The maximum Gasteiger partial charge on any atom is 0.311 e. The number of oxime groups is 1. The maximum absolute atomic E-state index is 13.0. The normalized spacial score (nSPS) is 17.3. The second-order valence-corrected chi connectivity index (χ2v) is 7.29. The third kappa shape index (κ3) is 4.04. The summed E-state index contributed by atoms with van der Waals surface area (Å²) in [5, 5.41) is 15.5. The topological polar surface area (TPSA) is 80.9 Å². The van der Waals surface area contributed by atoms with Crippen molar-refractivity contribution >= 4 is 17.2 Å². The summed E-state index contributed by atoms with van der Waals surface area (Å²) in [4.78, 5) is 23.0. The molecule has 0 radical (unpaired) electrons. The van der Waals surface area contributed by atoms with E-state index in [4.69, 9.17) is 4.84 Å². The molecule has 0 unspecified atom stereocenters. The SMILES string of the molecule is Cc1ccc([N+](=O)[O-])c(N2CCC3(CC2)CC(C#Cc2ccc(F)cc2)=NO3)n1. The Labute approximate surface area is 167 Å². The van der Waals surface area contributed by atoms with Crippen LogP contribution in [0.3, 0.4) is 0 Å². The third-order valence-electron chi connectivity index (χ3n) is 5.20. The number of benzene rings is 1. The molecular formula is C21H19FN4O3. The molecule has 1 fully saturated rings. The lowest BCUT2D eigenvalue weighted by atomic mass is 9.87. The summed E-state index contributed by atoms with van der Waals surface area (Å²) in [6, 6.07) is 9.12. The Morgan fingerprint density at radius 1 is 1.17 bits per heavy atom. The van der Waals surface area contributed by atoms with Gasteiger partial charge in [-0.2, -0.15) is 0 Å². The monoisotopic (exact) mass is 394 g/mol. The average Bonchev–Trinajstić information content (AvgIpc) is 3.10. The number of aromatic nitrogens is 1. The predicted octanol–water partition coefficient (Wildman–Crippen LogP) is 3.60. The number of pyridine rings is 1. The Morgan fingerprint density at radius 3 is 2.59 bits per heavy atom. The van der Waals surface area contributed by atoms with Gasteiger partial charge in [0.05, 0.1) is 4.92 Å². The van der Waals surface area contributed by atoms with E-state index in [1.807, 2.05) is 11.8 Å². The number of nitro groups is 1. The highest BCUT2D eigenvalue weighted by atomic mass is 19.1. The lowest BCUT2D eigenvalue weighted by Gasteiger charge is -2.37. The third-order valence-corrected chi connectivity index (χ3v) is 5.20. The number of rotatable bonds is 2. The molecule has 8 heteroatoms. The van der Waals surface area contributed by atoms with Crippen LogP contribution in [0.25, 0.3) is 0 Å². The van der Waals surface area contributed by atoms with Gasteiger partial charge in [-0.1, -0.05) is 11.1 Å². The number of piperidine rings is 1. The standard InChI is InChI=1S/C21H19FN4O3/c1-15-2-9-19(26(27)28)20(23-15)25-12-10-21(11-13-25)14-18(24-29-21)8-5-16-3-6-17(22)7-4-16/h2-4,6-7,9H,10-14H2,1H3. The minimum absolute atomic E-state index is 0.0148. The molecule has 2 aromatic rings. The zero-order valence-corrected chi connectivity index (χ0v) is 15.9. The summed E-state index contributed by atoms with van der Waals surface area (Å²) >= 11 is 0. The van der Waals surface area contributed by atoms with Crippen molar-refractivity contribution in [3.05, 3.63) is 63.6 Å². The Morgan fingerprint density at radius 2 is 1.90 bits per heavy atom. The van der Waals surface area contributed by atoms with Crippen molar-refractivity contribution in [3.63, 3.8) is 0 Å². The van der Waals surface area contributed by atoms with Gasteiger partial charge in [-0.05, 0) is 43.2 Å². The molecule has 148 valence electrons. The van der Waals surface area contributed by atoms with Crippen LogP contribution in [0.2, 0.25) is 0 Å². The van der Waals surface area contributed by atoms with Crippen molar-refractivity contribution in [1.29, 1.82) is 0 Å². The van der Waals surface area contributed by atoms with Crippen LogP contribution in [0.15, 0.2) is 41.6 Å². The van der Waals surface area contributed by atoms with E-state index in [2.05, 4.69) is 22.0 Å². The van der Waals surface area contributed by atoms with Gasteiger partial charge in [0.1, 0.15) is 17.1 Å². The van der Waals surface area contributed by atoms with Gasteiger partial charge in [-0.15, -0.1) is 0 Å². The fraction of sp³-hybridized carbons (Fsp3) is 0.333. The number of nitrogens with zero attached hydrogens (tertiary/aromatic N) is 4. The molecule has 1 spiro atoms. The summed E-state index contributed by atoms with van der Waals surface area (Å²) in [6.07, 6.45) is 1.94. The van der Waals surface area contributed by atoms with Crippen LogP contribution in [0.1, 0.15) is 30.5 Å². The van der Waals surface area contributed by atoms with Crippen molar-refractivity contribution < 1.29 is 14.2 Å². The Kier molecular flexibility index (Phi) is 4.89. The zero-order chi connectivity index (χ0) is 20.4. The largest absolute Gasteiger partial charge is 0.388 e. The highest BCUT2D eigenvalue weighted by Gasteiger charge is 2.42. The second-order valence-electron chi connectivity index (χ2n) is 7.29. The molecule has 1 aromatic heterocycles. The fourth-order valence-electron chi connectivity index (χ4n) is 3.57. The van der Waals surface area contributed by atoms with Gasteiger partial charge in [-0.25, -0.2) is 9.37 Å². The highest BCUT2D eigenvalue weighted by Crippen LogP contribution is 2.37. The minimum atomic E-state index is -0.429. The lowest BCUT2D eigenvalue weighted by Crippen LogP contribution is -2.45. The van der Waals surface area contributed by atoms with E-state index >= 15 is 0 Å². The molecule has 7 nitrogen and oxygen atoms in total. The highest BCUT2D eigenvalue weighted by molar-refractivity contribution is 6.01. The van der Waals surface area contributed by atoms with Crippen LogP contribution in [0.4, 0.5) is 15.9 Å². The number of aryl methyl sites for hydroxylation is 1. The molecule has 0 N–H and O–H groups in total. The fourth-order valence-corrected chi connectivity index (χ4v) is 3.57. The zero-order valence-electron chi connectivity index (χ0n) is 15.9. The maximum atomic E-state index is 13.0. The quantitative estimate of drug-likeness (QED) is 0.442. The summed E-state index contributed by atoms with van der Waals surface area (Å²) in [7, 11) is 0. The molecule has 3 heterocycles. The molecule has 1 aromatic carbocycles. The van der Waals surface area contributed by atoms with Gasteiger partial charge < -0.3 is 9.74 Å². The van der Waals surface area contributed by atoms with Gasteiger partial charge in [-0.3, -0.25) is 10.1 Å². The Bertz CT molecular complexity index is 1030. The van der Waals surface area contributed by atoms with Crippen molar-refractivity contribution in [1.82, 2.24) is 4.98 Å². The summed E-state index contributed by atoms with van der Waals surface area (Å²) in [6.45, 7) is 3.00. The molecule has 4 rings (SSSR count). The van der Waals surface area contributed by atoms with Crippen LogP contribution in [0.5, 0.6) is 0 Å². The number of hydrogen-bond donors (Lipinski definition) is 0. The summed E-state index contributed by atoms with van der Waals surface area (Å²) < 4.78 is 13.0. The first kappa shape index (κ1) is 18.9. The molecule has 0 atom stereocenters. The van der Waals surface area contributed by atoms with Gasteiger partial charge in [0.25, 0.3) is 0 Å². The average molecular weight is 394 g/mol. The van der Waals surface area contributed by atoms with E-state index in [9.17, 15) is 14.5 Å². The molecule has 2 aliphatic heterocycles. The van der Waals surface area contributed by atoms with Crippen LogP contribution in [-0.4, -0.2) is 34.3 Å². The molecule has 2 aliphatic rings. The summed E-state index contributed by atoms with van der Waals surface area (Å²) in [5.41, 5.74) is 1.69. The van der Waals surface area contributed by atoms with Crippen LogP contribution >= 0.6 is 0 Å². The van der Waals surface area contributed by atoms with Gasteiger partial charge in [0.15, 0.2) is 0 Å². The Balaban J connectivity index is 1.41. The first-order valence-corrected chi connectivity index (χ1v) is 9.34. The van der Waals surface area contributed by atoms with E-state index in [1.54, 1.807) is 18.2 Å². The van der Waals surface area contributed by atoms with E-state index in [1.165, 1.54) is 18.2 Å². The smallest absolute Gasteiger partial charge is 0.311 e. The minimum Gasteiger partial charge on any atom is -0.388 e. The van der Waals surface area contributed by atoms with Crippen molar-refractivity contribution in [2.24, 2.45) is 5.16 Å². The van der Waals surface area contributed by atoms with Crippen LogP contribution in [-0.2, 0) is 4.84 Å². The lowest BCUT2D eigenvalue weighted by molar-refractivity contribution is -0.384. The van der Waals surface area contributed by atoms with Crippen LogP contribution < -0.4 is 4.90 Å². The Hall–Kier alpha value is -3.47. The molecule has 0 saturated carbocycles. The first-order valence-electron chi connectivity index (χ1n) is 9.34. The predicted molar refractivity (Wildman–Crippen MR) is 106 cm³/mol. The molecule has 29 heavy (non-hydrogen) atoms. The van der Waals surface area contributed by atoms with Crippen molar-refractivity contribution in [2.45, 2.75) is 31.8 Å². The molecular weight excluding hydrogens is 375 g/mol. The van der Waals surface area contributed by atoms with Crippen molar-refractivity contribution in [3.8, 4) is 11.8 Å². The first-order chi connectivity index (χ1) is 13.9. The van der Waals surface area contributed by atoms with Gasteiger partial charge in [0, 0.05) is 49.7 Å². The van der Waals surface area contributed by atoms with Gasteiger partial charge >= 0.3 is 5.69 Å². The van der Waals surface area contributed by atoms with E-state index in [-0.39, 0.29) is 11.5 Å². The van der Waals surface area contributed by atoms with Crippen molar-refractivity contribution in [2.75, 3.05) is 18.0 Å². The number of anilines is 1. The molecule has 1 saturated heterocycles. The van der Waals surface area contributed by atoms with Gasteiger partial charge in [0.2, 0.25) is 5.82 Å². The molecule has 0 amide bonds. The van der Waals surface area contributed by atoms with E-state index in [0.29, 0.717) is 49.4 Å². The van der Waals surface area contributed by atoms with Crippen LogP contribution in [0, 0.1) is 34.7 Å². The molecule has 0 aliphatic carbocycles. The number of halogens is 1.